The SMILES string of the molecule is CCOC(=O)/C(C)=C/C1(O)OC[C@@H](O)[C@H](O)[C@H]1O. The molecule has 0 aromatic rings. The second-order valence-electron chi connectivity index (χ2n) is 4.11. The van der Waals surface area contributed by atoms with E-state index in [1.165, 1.54) is 6.92 Å². The molecule has 1 saturated heterocycles. The van der Waals surface area contributed by atoms with Crippen LogP contribution in [0.5, 0.6) is 0 Å². The Balaban J connectivity index is 2.87. The molecule has 0 aromatic heterocycles. The van der Waals surface area contributed by atoms with Gasteiger partial charge in [-0.05, 0) is 19.9 Å². The lowest BCUT2D eigenvalue weighted by Gasteiger charge is -2.40. The average Bonchev–Trinajstić information content (AvgIpc) is 2.32. The Morgan fingerprint density at radius 1 is 1.50 bits per heavy atom. The first-order valence-electron chi connectivity index (χ1n) is 5.59. The van der Waals surface area contributed by atoms with Crippen molar-refractivity contribution in [2.24, 2.45) is 0 Å². The largest absolute Gasteiger partial charge is 0.463 e. The molecule has 7 heteroatoms. The van der Waals surface area contributed by atoms with Gasteiger partial charge in [0.25, 0.3) is 0 Å². The minimum atomic E-state index is -2.23. The summed E-state index contributed by atoms with van der Waals surface area (Å²) >= 11 is 0. The number of hydrogen-bond acceptors (Lipinski definition) is 7. The van der Waals surface area contributed by atoms with Crippen molar-refractivity contribution in [2.75, 3.05) is 13.2 Å². The molecule has 0 radical (unpaired) electrons. The zero-order chi connectivity index (χ0) is 13.9. The van der Waals surface area contributed by atoms with Gasteiger partial charge in [0.05, 0.1) is 13.2 Å². The van der Waals surface area contributed by atoms with Gasteiger partial charge in [0.2, 0.25) is 5.79 Å². The fourth-order valence-corrected chi connectivity index (χ4v) is 1.60. The second kappa shape index (κ2) is 5.77. The first kappa shape index (κ1) is 15.1. The zero-order valence-electron chi connectivity index (χ0n) is 10.2. The third kappa shape index (κ3) is 3.06. The van der Waals surface area contributed by atoms with Crippen molar-refractivity contribution in [1.82, 2.24) is 0 Å². The van der Waals surface area contributed by atoms with Crippen LogP contribution in [0.25, 0.3) is 0 Å². The van der Waals surface area contributed by atoms with Crippen LogP contribution in [-0.4, -0.2) is 63.7 Å². The van der Waals surface area contributed by atoms with Crippen LogP contribution >= 0.6 is 0 Å². The van der Waals surface area contributed by atoms with Gasteiger partial charge in [0.1, 0.15) is 18.3 Å². The molecule has 1 aliphatic heterocycles. The van der Waals surface area contributed by atoms with Crippen molar-refractivity contribution in [1.29, 1.82) is 0 Å². The van der Waals surface area contributed by atoms with Crippen molar-refractivity contribution in [3.63, 3.8) is 0 Å². The Labute approximate surface area is 104 Å². The number of carbonyl (C=O) groups is 1. The molecule has 18 heavy (non-hydrogen) atoms. The maximum atomic E-state index is 11.4. The molecule has 1 aliphatic rings. The molecule has 0 spiro atoms. The molecular weight excluding hydrogens is 244 g/mol. The molecule has 0 aliphatic carbocycles. The lowest BCUT2D eigenvalue weighted by molar-refractivity contribution is -0.296. The summed E-state index contributed by atoms with van der Waals surface area (Å²) in [6.07, 6.45) is -3.65. The minimum absolute atomic E-state index is 0.0296. The summed E-state index contributed by atoms with van der Waals surface area (Å²) in [6.45, 7) is 2.82. The van der Waals surface area contributed by atoms with Gasteiger partial charge in [-0.3, -0.25) is 0 Å². The lowest BCUT2D eigenvalue weighted by Crippen LogP contribution is -2.60. The Morgan fingerprint density at radius 3 is 2.67 bits per heavy atom. The molecule has 0 saturated carbocycles. The molecule has 1 unspecified atom stereocenters. The number of carbonyl (C=O) groups excluding carboxylic acids is 1. The number of ether oxygens (including phenoxy) is 2. The molecule has 104 valence electrons. The number of rotatable bonds is 3. The second-order valence-corrected chi connectivity index (χ2v) is 4.11. The van der Waals surface area contributed by atoms with Gasteiger partial charge in [-0.1, -0.05) is 0 Å². The molecule has 4 N–H and O–H groups in total. The van der Waals surface area contributed by atoms with Gasteiger partial charge >= 0.3 is 5.97 Å². The van der Waals surface area contributed by atoms with E-state index in [1.54, 1.807) is 6.92 Å². The van der Waals surface area contributed by atoms with E-state index in [2.05, 4.69) is 0 Å². The summed E-state index contributed by atoms with van der Waals surface area (Å²) in [7, 11) is 0. The van der Waals surface area contributed by atoms with Crippen molar-refractivity contribution in [3.05, 3.63) is 11.6 Å². The summed E-state index contributed by atoms with van der Waals surface area (Å²) < 4.78 is 9.58. The van der Waals surface area contributed by atoms with E-state index in [1.807, 2.05) is 0 Å². The maximum Gasteiger partial charge on any atom is 0.333 e. The number of hydrogen-bond donors (Lipinski definition) is 4. The zero-order valence-corrected chi connectivity index (χ0v) is 10.2. The Morgan fingerprint density at radius 2 is 2.11 bits per heavy atom. The van der Waals surface area contributed by atoms with Crippen LogP contribution in [0, 0.1) is 0 Å². The predicted octanol–water partition coefficient (Wildman–Crippen LogP) is -1.70. The van der Waals surface area contributed by atoms with Gasteiger partial charge in [-0.2, -0.15) is 0 Å². The molecule has 7 nitrogen and oxygen atoms in total. The predicted molar refractivity (Wildman–Crippen MR) is 59.3 cm³/mol. The van der Waals surface area contributed by atoms with Crippen LogP contribution in [0.3, 0.4) is 0 Å². The van der Waals surface area contributed by atoms with Crippen LogP contribution in [0.15, 0.2) is 11.6 Å². The molecule has 4 atom stereocenters. The first-order valence-corrected chi connectivity index (χ1v) is 5.59. The molecule has 1 heterocycles. The normalized spacial score (nSPS) is 37.4. The van der Waals surface area contributed by atoms with Gasteiger partial charge in [0, 0.05) is 5.57 Å². The summed E-state index contributed by atoms with van der Waals surface area (Å²) in [6, 6.07) is 0. The maximum absolute atomic E-state index is 11.4. The summed E-state index contributed by atoms with van der Waals surface area (Å²) in [4.78, 5) is 11.4. The van der Waals surface area contributed by atoms with E-state index in [4.69, 9.17) is 9.47 Å². The van der Waals surface area contributed by atoms with Gasteiger partial charge < -0.3 is 29.9 Å². The van der Waals surface area contributed by atoms with Crippen molar-refractivity contribution in [3.8, 4) is 0 Å². The molecule has 1 fully saturated rings. The van der Waals surface area contributed by atoms with E-state index in [-0.39, 0.29) is 18.8 Å². The standard InChI is InChI=1S/C11H18O7/c1-3-17-10(15)6(2)4-11(16)9(14)8(13)7(12)5-18-11/h4,7-9,12-14,16H,3,5H2,1-2H3/b6-4+/t7-,8+,9-,11?/m1/s1. The van der Waals surface area contributed by atoms with Crippen LogP contribution in [0.1, 0.15) is 13.8 Å². The minimum Gasteiger partial charge on any atom is -0.463 e. The first-order chi connectivity index (χ1) is 8.31. The van der Waals surface area contributed by atoms with Crippen molar-refractivity contribution < 1.29 is 34.7 Å². The fraction of sp³-hybridized carbons (Fsp3) is 0.727. The summed E-state index contributed by atoms with van der Waals surface area (Å²) in [5.41, 5.74) is 0.0296. The quantitative estimate of drug-likeness (QED) is 0.354. The van der Waals surface area contributed by atoms with Crippen molar-refractivity contribution >= 4 is 5.97 Å². The number of esters is 1. The smallest absolute Gasteiger partial charge is 0.333 e. The summed E-state index contributed by atoms with van der Waals surface area (Å²) in [5, 5.41) is 38.3. The third-order valence-electron chi connectivity index (χ3n) is 2.65. The van der Waals surface area contributed by atoms with Crippen LogP contribution < -0.4 is 0 Å². The number of aliphatic hydroxyl groups is 4. The van der Waals surface area contributed by atoms with Gasteiger partial charge in [-0.25, -0.2) is 4.79 Å². The van der Waals surface area contributed by atoms with Gasteiger partial charge in [-0.15, -0.1) is 0 Å². The molecule has 0 aromatic carbocycles. The van der Waals surface area contributed by atoms with E-state index >= 15 is 0 Å². The average molecular weight is 262 g/mol. The van der Waals surface area contributed by atoms with E-state index in [0.717, 1.165) is 6.08 Å². The number of aliphatic hydroxyl groups excluding tert-OH is 3. The summed E-state index contributed by atoms with van der Waals surface area (Å²) in [5.74, 6) is -2.89. The van der Waals surface area contributed by atoms with Crippen LogP contribution in [0.4, 0.5) is 0 Å². The van der Waals surface area contributed by atoms with E-state index in [0.29, 0.717) is 0 Å². The Bertz CT molecular complexity index is 340. The Hall–Kier alpha value is -0.990. The highest BCUT2D eigenvalue weighted by atomic mass is 16.6. The molecule has 1 rings (SSSR count). The van der Waals surface area contributed by atoms with Gasteiger partial charge in [0.15, 0.2) is 0 Å². The highest BCUT2D eigenvalue weighted by Gasteiger charge is 2.47. The van der Waals surface area contributed by atoms with E-state index < -0.39 is 30.1 Å². The Kier molecular flexibility index (Phi) is 4.83. The van der Waals surface area contributed by atoms with Crippen LogP contribution in [0.2, 0.25) is 0 Å². The highest BCUT2D eigenvalue weighted by molar-refractivity contribution is 5.87. The van der Waals surface area contributed by atoms with Crippen molar-refractivity contribution in [2.45, 2.75) is 37.9 Å². The third-order valence-corrected chi connectivity index (χ3v) is 2.65. The molecule has 0 bridgehead atoms. The molecule has 0 amide bonds. The van der Waals surface area contributed by atoms with Crippen LogP contribution in [-0.2, 0) is 14.3 Å². The van der Waals surface area contributed by atoms with E-state index in [9.17, 15) is 25.2 Å². The fourth-order valence-electron chi connectivity index (χ4n) is 1.60. The highest BCUT2D eigenvalue weighted by Crippen LogP contribution is 2.26. The molecular formula is C11H18O7. The monoisotopic (exact) mass is 262 g/mol. The topological polar surface area (TPSA) is 116 Å². The lowest BCUT2D eigenvalue weighted by atomic mass is 9.95.